The summed E-state index contributed by atoms with van der Waals surface area (Å²) >= 11 is 0. The Labute approximate surface area is 219 Å². The number of anilines is 1. The maximum absolute atomic E-state index is 14.5. The van der Waals surface area contributed by atoms with Crippen molar-refractivity contribution < 1.29 is 27.3 Å². The van der Waals surface area contributed by atoms with Gasteiger partial charge in [-0.25, -0.2) is 12.8 Å². The van der Waals surface area contributed by atoms with Gasteiger partial charge in [0.05, 0.1) is 15.5 Å². The van der Waals surface area contributed by atoms with Gasteiger partial charge in [0.1, 0.15) is 18.4 Å². The molecule has 10 nitrogen and oxygen atoms in total. The quantitative estimate of drug-likeness (QED) is 0.292. The van der Waals surface area contributed by atoms with Crippen LogP contribution < -0.4 is 9.62 Å². The first-order chi connectivity index (χ1) is 18.1. The molecule has 0 bridgehead atoms. The van der Waals surface area contributed by atoms with Crippen LogP contribution in [0.2, 0.25) is 0 Å². The van der Waals surface area contributed by atoms with Crippen molar-refractivity contribution in [3.63, 3.8) is 0 Å². The summed E-state index contributed by atoms with van der Waals surface area (Å²) in [5, 5.41) is 13.7. The number of amides is 2. The van der Waals surface area contributed by atoms with Gasteiger partial charge in [-0.2, -0.15) is 0 Å². The van der Waals surface area contributed by atoms with E-state index in [9.17, 15) is 32.5 Å². The highest BCUT2D eigenvalue weighted by Crippen LogP contribution is 2.26. The van der Waals surface area contributed by atoms with E-state index >= 15 is 0 Å². The van der Waals surface area contributed by atoms with E-state index in [2.05, 4.69) is 5.32 Å². The van der Waals surface area contributed by atoms with Crippen LogP contribution in [0.4, 0.5) is 15.8 Å². The summed E-state index contributed by atoms with van der Waals surface area (Å²) in [5.74, 6) is -1.85. The van der Waals surface area contributed by atoms with Gasteiger partial charge in [0.25, 0.3) is 15.7 Å². The van der Waals surface area contributed by atoms with E-state index in [4.69, 9.17) is 0 Å². The van der Waals surface area contributed by atoms with Crippen LogP contribution in [0.25, 0.3) is 0 Å². The fourth-order valence-corrected chi connectivity index (χ4v) is 5.14. The Morgan fingerprint density at radius 1 is 1.00 bits per heavy atom. The summed E-state index contributed by atoms with van der Waals surface area (Å²) in [6.07, 6.45) is 0. The number of nitrogens with one attached hydrogen (secondary N) is 1. The fraction of sp³-hybridized carbons (Fsp3) is 0.231. The van der Waals surface area contributed by atoms with Crippen molar-refractivity contribution in [2.45, 2.75) is 31.3 Å². The molecule has 0 aliphatic heterocycles. The average molecular weight is 543 g/mol. The number of rotatable bonds is 11. The van der Waals surface area contributed by atoms with Crippen LogP contribution in [0.15, 0.2) is 83.8 Å². The standard InChI is InChI=1S/C26H27FN4O6S/c1-3-28-26(33)19(2)29(17-20-9-7-8-12-24(20)27)25(32)18-30(21-13-15-22(16-14-21)31(34)35)38(36,37)23-10-5-4-6-11-23/h4-16,19H,3,17-18H2,1-2H3,(H,28,33). The van der Waals surface area contributed by atoms with Crippen molar-refractivity contribution in [2.75, 3.05) is 17.4 Å². The lowest BCUT2D eigenvalue weighted by Crippen LogP contribution is -2.51. The minimum absolute atomic E-state index is 0.00399. The number of carbonyl (C=O) groups excluding carboxylic acids is 2. The number of hydrogen-bond acceptors (Lipinski definition) is 6. The predicted octanol–water partition coefficient (Wildman–Crippen LogP) is 3.48. The highest BCUT2D eigenvalue weighted by atomic mass is 32.2. The van der Waals surface area contributed by atoms with Crippen molar-refractivity contribution in [2.24, 2.45) is 0 Å². The summed E-state index contributed by atoms with van der Waals surface area (Å²) in [4.78, 5) is 37.8. The van der Waals surface area contributed by atoms with Gasteiger partial charge >= 0.3 is 0 Å². The van der Waals surface area contributed by atoms with Gasteiger partial charge in [0, 0.05) is 30.8 Å². The third-order valence-corrected chi connectivity index (χ3v) is 7.56. The minimum atomic E-state index is -4.31. The number of likely N-dealkylation sites (N-methyl/N-ethyl adjacent to an activating group) is 1. The molecule has 1 unspecified atom stereocenters. The summed E-state index contributed by atoms with van der Waals surface area (Å²) in [7, 11) is -4.31. The Bertz CT molecular complexity index is 1400. The van der Waals surface area contributed by atoms with Gasteiger partial charge in [-0.15, -0.1) is 0 Å². The van der Waals surface area contributed by atoms with Crippen LogP contribution in [-0.4, -0.2) is 49.2 Å². The SMILES string of the molecule is CCNC(=O)C(C)N(Cc1ccccc1F)C(=O)CN(c1ccc([N+](=O)[O-])cc1)S(=O)(=O)c1ccccc1. The number of benzene rings is 3. The molecule has 0 aromatic heterocycles. The second-order valence-electron chi connectivity index (χ2n) is 8.28. The number of hydrogen-bond donors (Lipinski definition) is 1. The van der Waals surface area contributed by atoms with Crippen molar-refractivity contribution >= 4 is 33.2 Å². The summed E-state index contributed by atoms with van der Waals surface area (Å²) in [6, 6.07) is 16.8. The molecule has 1 N–H and O–H groups in total. The first-order valence-corrected chi connectivity index (χ1v) is 13.1. The second kappa shape index (κ2) is 12.3. The van der Waals surface area contributed by atoms with E-state index in [1.807, 2.05) is 0 Å². The third-order valence-electron chi connectivity index (χ3n) is 5.78. The van der Waals surface area contributed by atoms with E-state index in [-0.39, 0.29) is 28.4 Å². The van der Waals surface area contributed by atoms with Crippen LogP contribution in [0.5, 0.6) is 0 Å². The van der Waals surface area contributed by atoms with Gasteiger partial charge < -0.3 is 10.2 Å². The van der Waals surface area contributed by atoms with Crippen LogP contribution >= 0.6 is 0 Å². The van der Waals surface area contributed by atoms with Crippen molar-refractivity contribution in [3.8, 4) is 0 Å². The van der Waals surface area contributed by atoms with E-state index in [1.165, 1.54) is 61.5 Å². The Kier molecular flexibility index (Phi) is 9.13. The first-order valence-electron chi connectivity index (χ1n) is 11.7. The Morgan fingerprint density at radius 2 is 1.61 bits per heavy atom. The molecule has 0 radical (unpaired) electrons. The second-order valence-corrected chi connectivity index (χ2v) is 10.1. The maximum atomic E-state index is 14.5. The molecule has 3 aromatic carbocycles. The summed E-state index contributed by atoms with van der Waals surface area (Å²) in [6.45, 7) is 2.43. The topological polar surface area (TPSA) is 130 Å². The zero-order chi connectivity index (χ0) is 27.9. The molecular formula is C26H27FN4O6S. The number of nitro groups is 1. The molecule has 0 saturated heterocycles. The van der Waals surface area contributed by atoms with Gasteiger partial charge in [-0.1, -0.05) is 36.4 Å². The molecule has 0 heterocycles. The van der Waals surface area contributed by atoms with Gasteiger partial charge in [-0.3, -0.25) is 24.0 Å². The lowest BCUT2D eigenvalue weighted by molar-refractivity contribution is -0.384. The predicted molar refractivity (Wildman–Crippen MR) is 139 cm³/mol. The highest BCUT2D eigenvalue weighted by molar-refractivity contribution is 7.92. The number of carbonyl (C=O) groups is 2. The minimum Gasteiger partial charge on any atom is -0.355 e. The van der Waals surface area contributed by atoms with Crippen LogP contribution in [0, 0.1) is 15.9 Å². The molecule has 0 aliphatic carbocycles. The van der Waals surface area contributed by atoms with Gasteiger partial charge in [0.2, 0.25) is 11.8 Å². The van der Waals surface area contributed by atoms with Crippen molar-refractivity contribution in [3.05, 3.63) is 100 Å². The molecule has 12 heteroatoms. The van der Waals surface area contributed by atoms with E-state index in [0.29, 0.717) is 6.54 Å². The third kappa shape index (κ3) is 6.51. The van der Waals surface area contributed by atoms with Crippen molar-refractivity contribution in [1.29, 1.82) is 0 Å². The molecule has 200 valence electrons. The van der Waals surface area contributed by atoms with E-state index in [1.54, 1.807) is 19.1 Å². The summed E-state index contributed by atoms with van der Waals surface area (Å²) < 4.78 is 42.5. The molecule has 1 atom stereocenters. The Balaban J connectivity index is 2.05. The molecule has 38 heavy (non-hydrogen) atoms. The lowest BCUT2D eigenvalue weighted by Gasteiger charge is -2.32. The number of halogens is 1. The monoisotopic (exact) mass is 542 g/mol. The molecule has 0 fully saturated rings. The zero-order valence-electron chi connectivity index (χ0n) is 20.8. The Morgan fingerprint density at radius 3 is 2.18 bits per heavy atom. The summed E-state index contributed by atoms with van der Waals surface area (Å²) in [5.41, 5.74) is -0.114. The first kappa shape index (κ1) is 28.3. The smallest absolute Gasteiger partial charge is 0.269 e. The normalized spacial score (nSPS) is 11.9. The molecular weight excluding hydrogens is 515 g/mol. The zero-order valence-corrected chi connectivity index (χ0v) is 21.6. The lowest BCUT2D eigenvalue weighted by atomic mass is 10.1. The van der Waals surface area contributed by atoms with E-state index in [0.717, 1.165) is 21.3 Å². The molecule has 0 aliphatic rings. The number of nitrogens with zero attached hydrogens (tertiary/aromatic N) is 3. The van der Waals surface area contributed by atoms with Gasteiger partial charge in [-0.05, 0) is 44.2 Å². The fourth-order valence-electron chi connectivity index (χ4n) is 3.70. The molecule has 0 saturated carbocycles. The van der Waals surface area contributed by atoms with Crippen LogP contribution in [0.3, 0.4) is 0 Å². The van der Waals surface area contributed by atoms with Crippen molar-refractivity contribution in [1.82, 2.24) is 10.2 Å². The number of sulfonamides is 1. The molecule has 3 rings (SSSR count). The van der Waals surface area contributed by atoms with Gasteiger partial charge in [0.15, 0.2) is 0 Å². The van der Waals surface area contributed by atoms with Crippen LogP contribution in [-0.2, 0) is 26.2 Å². The highest BCUT2D eigenvalue weighted by Gasteiger charge is 2.32. The van der Waals surface area contributed by atoms with Crippen LogP contribution in [0.1, 0.15) is 19.4 Å². The largest absolute Gasteiger partial charge is 0.355 e. The molecule has 2 amide bonds. The Hall–Kier alpha value is -4.32. The molecule has 3 aromatic rings. The number of non-ortho nitro benzene ring substituents is 1. The molecule has 0 spiro atoms. The average Bonchev–Trinajstić information content (AvgIpc) is 2.91. The van der Waals surface area contributed by atoms with E-state index < -0.39 is 45.2 Å². The maximum Gasteiger partial charge on any atom is 0.269 e. The number of nitro benzene ring substituents is 1.